The Morgan fingerprint density at radius 3 is 2.79 bits per heavy atom. The van der Waals surface area contributed by atoms with Gasteiger partial charge >= 0.3 is 0 Å². The molecule has 0 unspecified atom stereocenters. The van der Waals surface area contributed by atoms with E-state index in [2.05, 4.69) is 21.7 Å². The minimum Gasteiger partial charge on any atom is -0.451 e. The molecule has 2 amide bonds. The van der Waals surface area contributed by atoms with E-state index >= 15 is 0 Å². The van der Waals surface area contributed by atoms with Crippen LogP contribution in [0.1, 0.15) is 60.0 Å². The number of anilines is 1. The van der Waals surface area contributed by atoms with E-state index in [9.17, 15) is 9.59 Å². The quantitative estimate of drug-likeness (QED) is 0.414. The topological polar surface area (TPSA) is 84.2 Å². The number of hydrogen-bond acceptors (Lipinski definition) is 5. The van der Waals surface area contributed by atoms with Gasteiger partial charge in [-0.2, -0.15) is 0 Å². The van der Waals surface area contributed by atoms with Crippen LogP contribution in [0, 0.1) is 20.8 Å². The van der Waals surface area contributed by atoms with Gasteiger partial charge in [0.2, 0.25) is 0 Å². The van der Waals surface area contributed by atoms with Crippen molar-refractivity contribution in [2.75, 3.05) is 5.32 Å². The van der Waals surface area contributed by atoms with E-state index in [1.54, 1.807) is 12.4 Å². The van der Waals surface area contributed by atoms with Crippen LogP contribution in [0.15, 0.2) is 41.1 Å². The molecule has 0 spiro atoms. The molecule has 0 saturated heterocycles. The number of carbonyl (C=O) groups is 2. The maximum Gasteiger partial charge on any atom is 0.292 e. The zero-order valence-electron chi connectivity index (χ0n) is 18.9. The molecular formula is C26H25N3O3S. The van der Waals surface area contributed by atoms with Gasteiger partial charge in [0, 0.05) is 34.8 Å². The number of amides is 2. The monoisotopic (exact) mass is 459 g/mol. The highest BCUT2D eigenvalue weighted by molar-refractivity contribution is 7.17. The molecule has 4 aromatic rings. The number of aryl methyl sites for hydroxylation is 4. The van der Waals surface area contributed by atoms with Crippen LogP contribution in [0.4, 0.5) is 5.00 Å². The number of fused-ring (bicyclic) bond motifs is 2. The number of benzene rings is 1. The first-order valence-corrected chi connectivity index (χ1v) is 11.9. The number of nitrogens with zero attached hydrogens (tertiary/aromatic N) is 1. The van der Waals surface area contributed by atoms with Crippen LogP contribution < -0.4 is 10.6 Å². The van der Waals surface area contributed by atoms with Gasteiger partial charge in [-0.25, -0.2) is 0 Å². The van der Waals surface area contributed by atoms with Gasteiger partial charge in [0.15, 0.2) is 5.76 Å². The average molecular weight is 460 g/mol. The van der Waals surface area contributed by atoms with Crippen molar-refractivity contribution in [3.8, 4) is 0 Å². The minimum absolute atomic E-state index is 0.179. The molecule has 6 nitrogen and oxygen atoms in total. The number of thiophene rings is 1. The Kier molecular flexibility index (Phi) is 5.50. The lowest BCUT2D eigenvalue weighted by Crippen LogP contribution is -2.25. The second-order valence-electron chi connectivity index (χ2n) is 8.57. The Morgan fingerprint density at radius 1 is 1.15 bits per heavy atom. The molecule has 3 aromatic heterocycles. The third-order valence-electron chi connectivity index (χ3n) is 6.13. The summed E-state index contributed by atoms with van der Waals surface area (Å²) >= 11 is 1.49. The molecular weight excluding hydrogens is 434 g/mol. The van der Waals surface area contributed by atoms with Crippen LogP contribution in [0.5, 0.6) is 0 Å². The molecule has 1 aliphatic rings. The van der Waals surface area contributed by atoms with Gasteiger partial charge in [-0.05, 0) is 74.4 Å². The van der Waals surface area contributed by atoms with Crippen LogP contribution in [-0.4, -0.2) is 16.8 Å². The summed E-state index contributed by atoms with van der Waals surface area (Å²) in [7, 11) is 0. The molecule has 0 saturated carbocycles. The average Bonchev–Trinajstić information content (AvgIpc) is 3.45. The van der Waals surface area contributed by atoms with Crippen molar-refractivity contribution in [2.24, 2.45) is 0 Å². The van der Waals surface area contributed by atoms with Gasteiger partial charge in [0.1, 0.15) is 10.6 Å². The highest BCUT2D eigenvalue weighted by Crippen LogP contribution is 2.40. The Hall–Kier alpha value is -3.45. The highest BCUT2D eigenvalue weighted by atomic mass is 32.1. The third kappa shape index (κ3) is 3.93. The predicted octanol–water partition coefficient (Wildman–Crippen LogP) is 5.49. The normalized spacial score (nSPS) is 12.7. The molecule has 1 aliphatic carbocycles. The fourth-order valence-corrected chi connectivity index (χ4v) is 5.95. The van der Waals surface area contributed by atoms with Gasteiger partial charge in [0.05, 0.1) is 5.56 Å². The summed E-state index contributed by atoms with van der Waals surface area (Å²) in [5, 5.41) is 7.52. The van der Waals surface area contributed by atoms with Crippen LogP contribution in [0.3, 0.4) is 0 Å². The summed E-state index contributed by atoms with van der Waals surface area (Å²) in [6.07, 6.45) is 6.24. The first kappa shape index (κ1) is 21.4. The van der Waals surface area contributed by atoms with E-state index in [1.165, 1.54) is 16.2 Å². The summed E-state index contributed by atoms with van der Waals surface area (Å²) in [5.74, 6) is -0.225. The minimum atomic E-state index is -0.331. The van der Waals surface area contributed by atoms with Gasteiger partial charge in [-0.3, -0.25) is 14.6 Å². The number of furan rings is 1. The lowest BCUT2D eigenvalue weighted by molar-refractivity contribution is 0.0951. The number of carbonyl (C=O) groups excluding carboxylic acids is 2. The number of rotatable bonds is 5. The number of hydrogen-bond donors (Lipinski definition) is 2. The first-order valence-electron chi connectivity index (χ1n) is 11.1. The van der Waals surface area contributed by atoms with E-state index in [0.29, 0.717) is 22.7 Å². The van der Waals surface area contributed by atoms with Crippen LogP contribution >= 0.6 is 11.3 Å². The second kappa shape index (κ2) is 8.48. The van der Waals surface area contributed by atoms with Gasteiger partial charge in [-0.1, -0.05) is 12.1 Å². The zero-order valence-corrected chi connectivity index (χ0v) is 19.7. The lowest BCUT2D eigenvalue weighted by Gasteiger charge is -2.09. The third-order valence-corrected chi connectivity index (χ3v) is 7.34. The molecule has 1 aromatic carbocycles. The number of nitrogens with one attached hydrogen (secondary N) is 2. The molecule has 2 N–H and O–H groups in total. The molecule has 7 heteroatoms. The van der Waals surface area contributed by atoms with E-state index in [-0.39, 0.29) is 17.6 Å². The number of aromatic nitrogens is 1. The Labute approximate surface area is 196 Å². The number of pyridine rings is 1. The van der Waals surface area contributed by atoms with Crippen LogP contribution in [0.25, 0.3) is 11.0 Å². The van der Waals surface area contributed by atoms with Crippen molar-refractivity contribution >= 4 is 39.1 Å². The van der Waals surface area contributed by atoms with Crippen molar-refractivity contribution < 1.29 is 14.0 Å². The van der Waals surface area contributed by atoms with E-state index in [1.807, 2.05) is 39.0 Å². The molecule has 5 rings (SSSR count). The van der Waals surface area contributed by atoms with Gasteiger partial charge < -0.3 is 15.1 Å². The van der Waals surface area contributed by atoms with Crippen molar-refractivity contribution in [3.63, 3.8) is 0 Å². The molecule has 0 aliphatic heterocycles. The summed E-state index contributed by atoms with van der Waals surface area (Å²) in [5.41, 5.74) is 6.23. The molecule has 0 bridgehead atoms. The van der Waals surface area contributed by atoms with Crippen molar-refractivity contribution in [1.82, 2.24) is 10.3 Å². The van der Waals surface area contributed by atoms with Crippen LogP contribution in [0.2, 0.25) is 0 Å². The maximum atomic E-state index is 13.2. The Balaban J connectivity index is 1.44. The maximum absolute atomic E-state index is 13.2. The molecule has 0 atom stereocenters. The molecule has 0 radical (unpaired) electrons. The molecule has 33 heavy (non-hydrogen) atoms. The Bertz CT molecular complexity index is 1390. The van der Waals surface area contributed by atoms with Gasteiger partial charge in [0.25, 0.3) is 11.8 Å². The van der Waals surface area contributed by atoms with Crippen molar-refractivity contribution in [2.45, 2.75) is 46.6 Å². The molecule has 0 fully saturated rings. The van der Waals surface area contributed by atoms with E-state index in [0.717, 1.165) is 52.5 Å². The fraction of sp³-hybridized carbons (Fsp3) is 0.269. The van der Waals surface area contributed by atoms with E-state index in [4.69, 9.17) is 4.42 Å². The zero-order chi connectivity index (χ0) is 23.1. The summed E-state index contributed by atoms with van der Waals surface area (Å²) < 4.78 is 5.96. The second-order valence-corrected chi connectivity index (χ2v) is 9.68. The first-order chi connectivity index (χ1) is 15.9. The Morgan fingerprint density at radius 2 is 2.00 bits per heavy atom. The molecule has 3 heterocycles. The van der Waals surface area contributed by atoms with Crippen molar-refractivity contribution in [3.05, 3.63) is 80.7 Å². The predicted molar refractivity (Wildman–Crippen MR) is 130 cm³/mol. The molecule has 168 valence electrons. The largest absolute Gasteiger partial charge is 0.451 e. The summed E-state index contributed by atoms with van der Waals surface area (Å²) in [6, 6.07) is 7.79. The van der Waals surface area contributed by atoms with Gasteiger partial charge in [-0.15, -0.1) is 11.3 Å². The standard InChI is InChI=1S/C26H25N3O3S/c1-14-10-15(2)21-16(3)23(32-19(21)11-14)25(31)29-26-22(18-7-4-8-20(18)33-26)24(30)28-13-17-6-5-9-27-12-17/h5-6,9-12H,4,7-8,13H2,1-3H3,(H,28,30)(H,29,31). The van der Waals surface area contributed by atoms with Crippen LogP contribution in [-0.2, 0) is 19.4 Å². The van der Waals surface area contributed by atoms with Crippen molar-refractivity contribution in [1.29, 1.82) is 0 Å². The fourth-order valence-electron chi connectivity index (χ4n) is 4.67. The summed E-state index contributed by atoms with van der Waals surface area (Å²) in [4.78, 5) is 31.7. The smallest absolute Gasteiger partial charge is 0.292 e. The summed E-state index contributed by atoms with van der Waals surface area (Å²) in [6.45, 7) is 6.31. The SMILES string of the molecule is Cc1cc(C)c2c(C)c(C(=O)Nc3sc4c(c3C(=O)NCc3cccnc3)CCC4)oc2c1. The lowest BCUT2D eigenvalue weighted by atomic mass is 10.0. The highest BCUT2D eigenvalue weighted by Gasteiger charge is 2.29. The van der Waals surface area contributed by atoms with E-state index < -0.39 is 0 Å².